The lowest BCUT2D eigenvalue weighted by Crippen LogP contribution is -2.49. The summed E-state index contributed by atoms with van der Waals surface area (Å²) in [6.45, 7) is 0.225. The number of hydrogen-bond acceptors (Lipinski definition) is 7. The predicted molar refractivity (Wildman–Crippen MR) is 162 cm³/mol. The molecule has 1 aromatic heterocycles. The maximum absolute atomic E-state index is 13.5. The first kappa shape index (κ1) is 32.6. The summed E-state index contributed by atoms with van der Waals surface area (Å²) in [4.78, 5) is 41.5. The number of para-hydroxylation sites is 1. The molecule has 1 aliphatic heterocycles. The molecule has 1 fully saturated rings. The highest BCUT2D eigenvalue weighted by Crippen LogP contribution is 2.29. The van der Waals surface area contributed by atoms with Gasteiger partial charge in [0.2, 0.25) is 11.8 Å². The molecule has 0 unspecified atom stereocenters. The van der Waals surface area contributed by atoms with E-state index in [4.69, 9.17) is 15.9 Å². The van der Waals surface area contributed by atoms with Crippen molar-refractivity contribution in [3.63, 3.8) is 0 Å². The Morgan fingerprint density at radius 1 is 1.07 bits per heavy atom. The minimum Gasteiger partial charge on any atom is -0.457 e. The summed E-state index contributed by atoms with van der Waals surface area (Å²) in [6, 6.07) is 15.7. The fourth-order valence-corrected chi connectivity index (χ4v) is 5.86. The minimum atomic E-state index is -3.07. The Bertz CT molecular complexity index is 1450. The van der Waals surface area contributed by atoms with E-state index in [1.54, 1.807) is 47.8 Å². The Labute approximate surface area is 258 Å². The maximum Gasteiger partial charge on any atom is 0.345 e. The first-order valence-corrected chi connectivity index (χ1v) is 15.0. The highest BCUT2D eigenvalue weighted by atomic mass is 32.1. The molecule has 13 heteroatoms. The van der Waals surface area contributed by atoms with Crippen molar-refractivity contribution < 1.29 is 32.6 Å². The molecule has 44 heavy (non-hydrogen) atoms. The Morgan fingerprint density at radius 2 is 1.75 bits per heavy atom. The second-order valence-electron chi connectivity index (χ2n) is 10.8. The lowest BCUT2D eigenvalue weighted by atomic mass is 10.0. The van der Waals surface area contributed by atoms with Crippen LogP contribution >= 0.6 is 11.3 Å². The third-order valence-corrected chi connectivity index (χ3v) is 8.02. The molecule has 0 bridgehead atoms. The van der Waals surface area contributed by atoms with Gasteiger partial charge >= 0.3 is 6.61 Å². The van der Waals surface area contributed by atoms with Crippen LogP contribution in [0.25, 0.3) is 0 Å². The van der Waals surface area contributed by atoms with Crippen molar-refractivity contribution in [2.24, 2.45) is 11.7 Å². The van der Waals surface area contributed by atoms with Gasteiger partial charge in [0.1, 0.15) is 23.4 Å². The normalized spacial score (nSPS) is 17.0. The van der Waals surface area contributed by atoms with Gasteiger partial charge in [0.25, 0.3) is 5.91 Å². The van der Waals surface area contributed by atoms with E-state index in [1.165, 1.54) is 16.2 Å². The van der Waals surface area contributed by atoms with E-state index in [2.05, 4.69) is 15.4 Å². The van der Waals surface area contributed by atoms with E-state index in [1.807, 2.05) is 32.0 Å². The van der Waals surface area contributed by atoms with Crippen LogP contribution in [0, 0.1) is 11.3 Å². The molecule has 2 aromatic carbocycles. The maximum atomic E-state index is 13.5. The van der Waals surface area contributed by atoms with Crippen LogP contribution in [-0.4, -0.2) is 60.3 Å². The summed E-state index contributed by atoms with van der Waals surface area (Å²) in [5, 5.41) is 14.9. The lowest BCUT2D eigenvalue weighted by molar-refractivity contribution is -0.160. The van der Waals surface area contributed by atoms with Gasteiger partial charge in [0, 0.05) is 34.3 Å². The molecular formula is C31H35F2N5O5S. The zero-order valence-electron chi connectivity index (χ0n) is 24.3. The van der Waals surface area contributed by atoms with Gasteiger partial charge in [0.15, 0.2) is 0 Å². The largest absolute Gasteiger partial charge is 0.457 e. The summed E-state index contributed by atoms with van der Waals surface area (Å²) in [6.07, 6.45) is -0.625. The second-order valence-corrected chi connectivity index (χ2v) is 11.7. The van der Waals surface area contributed by atoms with Gasteiger partial charge in [-0.3, -0.25) is 19.8 Å². The van der Waals surface area contributed by atoms with Crippen molar-refractivity contribution in [3.8, 4) is 11.5 Å². The molecule has 0 radical (unpaired) electrons. The quantitative estimate of drug-likeness (QED) is 0.160. The molecule has 234 valence electrons. The number of halogens is 2. The number of alkyl halides is 2. The van der Waals surface area contributed by atoms with E-state index in [-0.39, 0.29) is 30.3 Å². The van der Waals surface area contributed by atoms with E-state index >= 15 is 0 Å². The fourth-order valence-electron chi connectivity index (χ4n) is 4.89. The van der Waals surface area contributed by atoms with E-state index in [0.29, 0.717) is 23.5 Å². The molecule has 3 atom stereocenters. The van der Waals surface area contributed by atoms with Crippen LogP contribution in [0.3, 0.4) is 0 Å². The zero-order chi connectivity index (χ0) is 31.8. The van der Waals surface area contributed by atoms with Gasteiger partial charge < -0.3 is 30.7 Å². The Kier molecular flexibility index (Phi) is 11.0. The summed E-state index contributed by atoms with van der Waals surface area (Å²) >= 11 is 1.34. The van der Waals surface area contributed by atoms with Gasteiger partial charge in [-0.05, 0) is 54.8 Å². The van der Waals surface area contributed by atoms with Crippen LogP contribution in [0.2, 0.25) is 0 Å². The van der Waals surface area contributed by atoms with Crippen LogP contribution in [0.15, 0.2) is 66.0 Å². The second kappa shape index (κ2) is 14.9. The van der Waals surface area contributed by atoms with Crippen LogP contribution in [0.5, 0.6) is 11.5 Å². The number of amidine groups is 1. The Hall–Kier alpha value is -4.36. The van der Waals surface area contributed by atoms with Gasteiger partial charge in [-0.15, -0.1) is 11.3 Å². The molecule has 5 N–H and O–H groups in total. The number of likely N-dealkylation sites (tertiary alicyclic amines) is 1. The van der Waals surface area contributed by atoms with Crippen LogP contribution < -0.4 is 21.1 Å². The first-order chi connectivity index (χ1) is 21.0. The number of rotatable bonds is 13. The Balaban J connectivity index is 1.41. The summed E-state index contributed by atoms with van der Waals surface area (Å²) in [5.74, 6) is -0.410. The monoisotopic (exact) mass is 627 g/mol. The molecule has 1 saturated heterocycles. The summed E-state index contributed by atoms with van der Waals surface area (Å²) < 4.78 is 36.5. The van der Waals surface area contributed by atoms with Crippen molar-refractivity contribution in [2.75, 3.05) is 13.1 Å². The number of nitrogens with one attached hydrogen (secondary N) is 3. The predicted octanol–water partition coefficient (Wildman–Crippen LogP) is 4.67. The third kappa shape index (κ3) is 8.83. The molecule has 0 saturated carbocycles. The van der Waals surface area contributed by atoms with Crippen LogP contribution in [0.1, 0.15) is 53.5 Å². The summed E-state index contributed by atoms with van der Waals surface area (Å²) in [7, 11) is 0. The number of ether oxygens (including phenoxy) is 2. The van der Waals surface area contributed by atoms with Crippen LogP contribution in [-0.2, 0) is 14.3 Å². The molecule has 2 heterocycles. The van der Waals surface area contributed by atoms with Crippen molar-refractivity contribution in [3.05, 3.63) is 82.0 Å². The number of carbonyl (C=O) groups is 3. The van der Waals surface area contributed by atoms with Gasteiger partial charge in [-0.1, -0.05) is 32.0 Å². The summed E-state index contributed by atoms with van der Waals surface area (Å²) in [5.41, 5.74) is 6.42. The molecule has 0 spiro atoms. The number of amides is 3. The fraction of sp³-hybridized carbons (Fsp3) is 0.355. The molecule has 10 nitrogen and oxygen atoms in total. The van der Waals surface area contributed by atoms with Crippen molar-refractivity contribution in [1.82, 2.24) is 15.5 Å². The molecule has 0 aliphatic carbocycles. The van der Waals surface area contributed by atoms with Crippen molar-refractivity contribution >= 4 is 34.9 Å². The van der Waals surface area contributed by atoms with Gasteiger partial charge in [0.05, 0.1) is 18.7 Å². The topological polar surface area (TPSA) is 147 Å². The lowest BCUT2D eigenvalue weighted by Gasteiger charge is -2.27. The average molecular weight is 628 g/mol. The number of benzene rings is 2. The first-order valence-electron chi connectivity index (χ1n) is 14.1. The van der Waals surface area contributed by atoms with E-state index < -0.39 is 49.1 Å². The van der Waals surface area contributed by atoms with Crippen molar-refractivity contribution in [1.29, 1.82) is 5.41 Å². The number of hydrogen-bond donors (Lipinski definition) is 4. The van der Waals surface area contributed by atoms with Gasteiger partial charge in [-0.25, -0.2) is 0 Å². The molecule has 3 amide bonds. The third-order valence-electron chi connectivity index (χ3n) is 6.97. The number of nitrogens with two attached hydrogens (primary N) is 1. The highest BCUT2D eigenvalue weighted by molar-refractivity contribution is 7.10. The average Bonchev–Trinajstić information content (AvgIpc) is 3.64. The number of nitrogens with zero attached hydrogens (tertiary/aromatic N) is 1. The molecule has 4 rings (SSSR count). The zero-order valence-corrected chi connectivity index (χ0v) is 25.1. The number of nitrogen functional groups attached to an aromatic ring is 1. The minimum absolute atomic E-state index is 0.0971. The van der Waals surface area contributed by atoms with E-state index in [9.17, 15) is 23.2 Å². The molecule has 1 aliphatic rings. The Morgan fingerprint density at radius 3 is 2.36 bits per heavy atom. The smallest absolute Gasteiger partial charge is 0.345 e. The van der Waals surface area contributed by atoms with Crippen LogP contribution in [0.4, 0.5) is 8.78 Å². The standard InChI is InChI=1S/C31H35F2N5O5S/c1-18(2)12-24(26-13-20(17-44-26)28(34)35)37-30(41)25-14-23(43-31(32)33)16-38(25)27(39)15-36-29(40)19-8-10-22(11-9-19)42-21-6-4-3-5-7-21/h3-11,13,17-18,23-25,31H,12,14-16H2,1-2H3,(H3,34,35)(H,36,40)(H,37,41)/t23-,24-,25+/m1/s1. The van der Waals surface area contributed by atoms with E-state index in [0.717, 1.165) is 4.88 Å². The molecular weight excluding hydrogens is 592 g/mol. The SMILES string of the molecule is CC(C)C[C@@H](NC(=O)[C@@H]1C[C@@H](OC(F)F)CN1C(=O)CNC(=O)c1ccc(Oc2ccccc2)cc1)c1cc(C(=N)N)cs1. The van der Waals surface area contributed by atoms with Crippen molar-refractivity contribution in [2.45, 2.75) is 51.5 Å². The molecule has 3 aromatic rings. The highest BCUT2D eigenvalue weighted by Gasteiger charge is 2.41. The number of carbonyl (C=O) groups excluding carboxylic acids is 3. The van der Waals surface area contributed by atoms with Gasteiger partial charge in [-0.2, -0.15) is 8.78 Å². The number of thiophene rings is 1.